The molecule has 1 amide bonds. The van der Waals surface area contributed by atoms with Gasteiger partial charge in [0.15, 0.2) is 0 Å². The van der Waals surface area contributed by atoms with Crippen molar-refractivity contribution in [1.82, 2.24) is 19.2 Å². The number of anilines is 1. The number of rotatable bonds is 8. The Balaban J connectivity index is 2.07. The lowest BCUT2D eigenvalue weighted by atomic mass is 10.1. The fourth-order valence-electron chi connectivity index (χ4n) is 3.56. The molecule has 8 nitrogen and oxygen atoms in total. The van der Waals surface area contributed by atoms with Crippen LogP contribution in [-0.2, 0) is 30.2 Å². The Labute approximate surface area is 198 Å². The smallest absolute Gasteiger partial charge is 0.301 e. The van der Waals surface area contributed by atoms with Gasteiger partial charge in [-0.05, 0) is 36.6 Å². The van der Waals surface area contributed by atoms with Crippen molar-refractivity contribution < 1.29 is 22.0 Å². The summed E-state index contributed by atoms with van der Waals surface area (Å²) in [6.45, 7) is 5.21. The molecule has 0 aliphatic carbocycles. The average Bonchev–Trinajstić information content (AvgIpc) is 3.04. The number of nitrogens with zero attached hydrogens (tertiary/aromatic N) is 3. The Morgan fingerprint density at radius 3 is 2.50 bits per heavy atom. The zero-order valence-corrected chi connectivity index (χ0v) is 20.8. The monoisotopic (exact) mass is 493 g/mol. The van der Waals surface area contributed by atoms with E-state index in [-0.39, 0.29) is 28.9 Å². The highest BCUT2D eigenvalue weighted by Crippen LogP contribution is 2.27. The van der Waals surface area contributed by atoms with E-state index in [9.17, 15) is 22.0 Å². The summed E-state index contributed by atoms with van der Waals surface area (Å²) in [5.41, 5.74) is 1.21. The molecule has 11 heteroatoms. The number of aromatic nitrogens is 2. The maximum atomic E-state index is 14.4. The highest BCUT2D eigenvalue weighted by Gasteiger charge is 2.22. The molecule has 0 radical (unpaired) electrons. The van der Waals surface area contributed by atoms with Crippen molar-refractivity contribution in [3.8, 4) is 0 Å². The van der Waals surface area contributed by atoms with E-state index in [1.807, 2.05) is 13.8 Å². The molecule has 2 N–H and O–H groups in total. The standard InChI is InChI=1S/C23H29F2N5O3S/c1-13(2)9-20-27-19-11-15(28-34(32,33)29(4)5)10-16(22(19)30(20)6)23(31)26-12-17-18(24)8-7-14(3)21(17)25/h7-8,10-11,13,28H,9,12H2,1-6H3,(H,26,31). The number of aryl methyl sites for hydroxylation is 2. The predicted octanol–water partition coefficient (Wildman–Crippen LogP) is 3.51. The van der Waals surface area contributed by atoms with Gasteiger partial charge in [0.2, 0.25) is 0 Å². The minimum Gasteiger partial charge on any atom is -0.348 e. The summed E-state index contributed by atoms with van der Waals surface area (Å²) < 4.78 is 58.5. The van der Waals surface area contributed by atoms with Gasteiger partial charge in [0.1, 0.15) is 17.5 Å². The third-order valence-corrected chi connectivity index (χ3v) is 6.88. The van der Waals surface area contributed by atoms with Crippen molar-refractivity contribution in [1.29, 1.82) is 0 Å². The topological polar surface area (TPSA) is 96.3 Å². The number of fused-ring (bicyclic) bond motifs is 1. The van der Waals surface area contributed by atoms with E-state index in [1.165, 1.54) is 33.2 Å². The summed E-state index contributed by atoms with van der Waals surface area (Å²) in [5.74, 6) is -1.08. The molecule has 2 aromatic carbocycles. The van der Waals surface area contributed by atoms with E-state index in [0.717, 1.165) is 16.2 Å². The van der Waals surface area contributed by atoms with Crippen LogP contribution in [0.2, 0.25) is 0 Å². The third kappa shape index (κ3) is 5.20. The highest BCUT2D eigenvalue weighted by molar-refractivity contribution is 7.90. The lowest BCUT2D eigenvalue weighted by Gasteiger charge is -2.15. The van der Waals surface area contributed by atoms with E-state index >= 15 is 0 Å². The van der Waals surface area contributed by atoms with Gasteiger partial charge in [-0.1, -0.05) is 19.9 Å². The second kappa shape index (κ2) is 9.67. The van der Waals surface area contributed by atoms with Crippen LogP contribution < -0.4 is 10.0 Å². The molecule has 0 bridgehead atoms. The maximum absolute atomic E-state index is 14.4. The molecule has 3 aromatic rings. The Morgan fingerprint density at radius 2 is 1.88 bits per heavy atom. The van der Waals surface area contributed by atoms with Crippen LogP contribution in [-0.4, -0.2) is 42.3 Å². The quantitative estimate of drug-likeness (QED) is 0.502. The first kappa shape index (κ1) is 25.6. The Kier molecular flexibility index (Phi) is 7.27. The first-order valence-corrected chi connectivity index (χ1v) is 12.2. The molecule has 0 spiro atoms. The van der Waals surface area contributed by atoms with Crippen molar-refractivity contribution >= 4 is 32.8 Å². The molecule has 0 atom stereocenters. The van der Waals surface area contributed by atoms with Gasteiger partial charge in [-0.2, -0.15) is 12.7 Å². The zero-order chi connectivity index (χ0) is 25.4. The van der Waals surface area contributed by atoms with Gasteiger partial charge in [0, 0.05) is 39.7 Å². The molecule has 0 saturated carbocycles. The van der Waals surface area contributed by atoms with Crippen molar-refractivity contribution in [2.45, 2.75) is 33.7 Å². The SMILES string of the molecule is Cc1ccc(F)c(CNC(=O)c2cc(NS(=O)(=O)N(C)C)cc3nc(CC(C)C)n(C)c23)c1F. The Hall–Kier alpha value is -3.05. The van der Waals surface area contributed by atoms with Crippen LogP contribution in [0.4, 0.5) is 14.5 Å². The van der Waals surface area contributed by atoms with Gasteiger partial charge >= 0.3 is 10.2 Å². The Morgan fingerprint density at radius 1 is 1.21 bits per heavy atom. The molecule has 3 rings (SSSR count). The number of benzene rings is 2. The van der Waals surface area contributed by atoms with Crippen molar-refractivity contribution in [3.05, 3.63) is 58.4 Å². The molecule has 184 valence electrons. The van der Waals surface area contributed by atoms with E-state index in [2.05, 4.69) is 15.0 Å². The number of nitrogens with one attached hydrogen (secondary N) is 2. The first-order valence-electron chi connectivity index (χ1n) is 10.7. The molecule has 1 aromatic heterocycles. The molecule has 1 heterocycles. The van der Waals surface area contributed by atoms with Crippen LogP contribution in [0.25, 0.3) is 11.0 Å². The van der Waals surface area contributed by atoms with Gasteiger partial charge in [-0.3, -0.25) is 9.52 Å². The number of imidazole rings is 1. The predicted molar refractivity (Wildman–Crippen MR) is 128 cm³/mol. The Bertz CT molecular complexity index is 1350. The molecular weight excluding hydrogens is 464 g/mol. The lowest BCUT2D eigenvalue weighted by Crippen LogP contribution is -2.29. The normalized spacial score (nSPS) is 12.1. The number of hydrogen-bond acceptors (Lipinski definition) is 4. The minimum atomic E-state index is -3.84. The summed E-state index contributed by atoms with van der Waals surface area (Å²) in [6, 6.07) is 5.42. The summed E-state index contributed by atoms with van der Waals surface area (Å²) in [7, 11) is 0.685. The van der Waals surface area contributed by atoms with Gasteiger partial charge < -0.3 is 9.88 Å². The van der Waals surface area contributed by atoms with Crippen LogP contribution in [0.15, 0.2) is 24.3 Å². The van der Waals surface area contributed by atoms with Crippen molar-refractivity contribution in [2.75, 3.05) is 18.8 Å². The number of halogens is 2. The molecule has 0 unspecified atom stereocenters. The van der Waals surface area contributed by atoms with Gasteiger partial charge in [-0.25, -0.2) is 13.8 Å². The van der Waals surface area contributed by atoms with Crippen LogP contribution in [0.1, 0.15) is 41.2 Å². The fraction of sp³-hybridized carbons (Fsp3) is 0.391. The van der Waals surface area contributed by atoms with Crippen molar-refractivity contribution in [2.24, 2.45) is 13.0 Å². The van der Waals surface area contributed by atoms with Crippen LogP contribution >= 0.6 is 0 Å². The second-order valence-electron chi connectivity index (χ2n) is 8.81. The van der Waals surface area contributed by atoms with E-state index in [0.29, 0.717) is 23.4 Å². The average molecular weight is 494 g/mol. The maximum Gasteiger partial charge on any atom is 0.301 e. The van der Waals surface area contributed by atoms with Gasteiger partial charge in [-0.15, -0.1) is 0 Å². The molecule has 0 saturated heterocycles. The fourth-order valence-corrected chi connectivity index (χ4v) is 4.16. The minimum absolute atomic E-state index is 0.132. The number of amides is 1. The highest BCUT2D eigenvalue weighted by atomic mass is 32.2. The summed E-state index contributed by atoms with van der Waals surface area (Å²) >= 11 is 0. The number of hydrogen-bond donors (Lipinski definition) is 2. The van der Waals surface area contributed by atoms with Gasteiger partial charge in [0.25, 0.3) is 5.91 Å². The molecular formula is C23H29F2N5O3S. The summed E-state index contributed by atoms with van der Waals surface area (Å²) in [4.78, 5) is 17.8. The summed E-state index contributed by atoms with van der Waals surface area (Å²) in [5, 5.41) is 2.56. The number of carbonyl (C=O) groups excluding carboxylic acids is 1. The van der Waals surface area contributed by atoms with E-state index in [1.54, 1.807) is 17.7 Å². The van der Waals surface area contributed by atoms with Gasteiger partial charge in [0.05, 0.1) is 22.3 Å². The van der Waals surface area contributed by atoms with E-state index in [4.69, 9.17) is 0 Å². The third-order valence-electron chi connectivity index (χ3n) is 5.43. The largest absolute Gasteiger partial charge is 0.348 e. The summed E-state index contributed by atoms with van der Waals surface area (Å²) in [6.07, 6.45) is 0.644. The second-order valence-corrected chi connectivity index (χ2v) is 10.7. The molecule has 0 aliphatic rings. The first-order chi connectivity index (χ1) is 15.8. The molecule has 0 fully saturated rings. The molecule has 0 aliphatic heterocycles. The van der Waals surface area contributed by atoms with Crippen LogP contribution in [0, 0.1) is 24.5 Å². The van der Waals surface area contributed by atoms with E-state index < -0.39 is 27.8 Å². The zero-order valence-electron chi connectivity index (χ0n) is 20.0. The van der Waals surface area contributed by atoms with Crippen molar-refractivity contribution in [3.63, 3.8) is 0 Å². The molecule has 34 heavy (non-hydrogen) atoms. The lowest BCUT2D eigenvalue weighted by molar-refractivity contribution is 0.0951. The van der Waals surface area contributed by atoms with Crippen LogP contribution in [0.5, 0.6) is 0 Å². The number of carbonyl (C=O) groups is 1. The van der Waals surface area contributed by atoms with Crippen LogP contribution in [0.3, 0.4) is 0 Å².